The highest BCUT2D eigenvalue weighted by Crippen LogP contribution is 2.23. The van der Waals surface area contributed by atoms with E-state index >= 15 is 0 Å². The van der Waals surface area contributed by atoms with Crippen LogP contribution in [0.15, 0.2) is 42.5 Å². The predicted octanol–water partition coefficient (Wildman–Crippen LogP) is 4.36. The van der Waals surface area contributed by atoms with Crippen molar-refractivity contribution in [3.05, 3.63) is 58.6 Å². The Morgan fingerprint density at radius 3 is 2.62 bits per heavy atom. The second-order valence-corrected chi connectivity index (χ2v) is 5.47. The molecular formula is C17H18ClNO2. The maximum absolute atomic E-state index is 12.1. The van der Waals surface area contributed by atoms with E-state index in [1.807, 2.05) is 44.2 Å². The van der Waals surface area contributed by atoms with Crippen LogP contribution in [0.2, 0.25) is 5.02 Å². The summed E-state index contributed by atoms with van der Waals surface area (Å²) in [6.45, 7) is 5.60. The smallest absolute Gasteiger partial charge is 0.265 e. The summed E-state index contributed by atoms with van der Waals surface area (Å²) < 4.78 is 5.69. The Bertz CT molecular complexity index is 655. The van der Waals surface area contributed by atoms with E-state index in [1.54, 1.807) is 19.1 Å². The number of hydrogen-bond acceptors (Lipinski definition) is 2. The lowest BCUT2D eigenvalue weighted by atomic mass is 10.2. The second-order valence-electron chi connectivity index (χ2n) is 5.03. The van der Waals surface area contributed by atoms with Gasteiger partial charge in [0.05, 0.1) is 0 Å². The SMILES string of the molecule is Cc1cccc(NC(=O)C(C)Oc2ccc(Cl)cc2C)c1. The van der Waals surface area contributed by atoms with Gasteiger partial charge in [0.15, 0.2) is 6.10 Å². The van der Waals surface area contributed by atoms with Crippen molar-refractivity contribution in [1.29, 1.82) is 0 Å². The molecule has 0 saturated heterocycles. The highest BCUT2D eigenvalue weighted by molar-refractivity contribution is 6.30. The van der Waals surface area contributed by atoms with Crippen LogP contribution in [-0.4, -0.2) is 12.0 Å². The zero-order valence-corrected chi connectivity index (χ0v) is 13.1. The summed E-state index contributed by atoms with van der Waals surface area (Å²) >= 11 is 5.90. The maximum Gasteiger partial charge on any atom is 0.265 e. The summed E-state index contributed by atoms with van der Waals surface area (Å²) in [6, 6.07) is 13.0. The predicted molar refractivity (Wildman–Crippen MR) is 86.1 cm³/mol. The van der Waals surface area contributed by atoms with E-state index in [-0.39, 0.29) is 5.91 Å². The summed E-state index contributed by atoms with van der Waals surface area (Å²) in [4.78, 5) is 12.1. The Balaban J connectivity index is 2.02. The van der Waals surface area contributed by atoms with Crippen molar-refractivity contribution in [2.75, 3.05) is 5.32 Å². The van der Waals surface area contributed by atoms with Crippen molar-refractivity contribution >= 4 is 23.2 Å². The number of benzene rings is 2. The molecule has 4 heteroatoms. The van der Waals surface area contributed by atoms with Crippen LogP contribution in [-0.2, 0) is 4.79 Å². The van der Waals surface area contributed by atoms with E-state index in [0.717, 1.165) is 16.8 Å². The molecule has 1 amide bonds. The van der Waals surface area contributed by atoms with E-state index in [0.29, 0.717) is 10.8 Å². The minimum absolute atomic E-state index is 0.185. The van der Waals surface area contributed by atoms with Crippen molar-refractivity contribution in [2.24, 2.45) is 0 Å². The minimum Gasteiger partial charge on any atom is -0.481 e. The third-order valence-electron chi connectivity index (χ3n) is 3.10. The summed E-state index contributed by atoms with van der Waals surface area (Å²) in [5.41, 5.74) is 2.76. The van der Waals surface area contributed by atoms with Crippen LogP contribution < -0.4 is 10.1 Å². The molecule has 0 aliphatic carbocycles. The van der Waals surface area contributed by atoms with Gasteiger partial charge in [0.1, 0.15) is 5.75 Å². The lowest BCUT2D eigenvalue weighted by molar-refractivity contribution is -0.122. The van der Waals surface area contributed by atoms with E-state index in [4.69, 9.17) is 16.3 Å². The molecule has 0 heterocycles. The van der Waals surface area contributed by atoms with Crippen LogP contribution >= 0.6 is 11.6 Å². The van der Waals surface area contributed by atoms with Gasteiger partial charge in [-0.2, -0.15) is 0 Å². The topological polar surface area (TPSA) is 38.3 Å². The zero-order chi connectivity index (χ0) is 15.4. The van der Waals surface area contributed by atoms with Crippen molar-refractivity contribution in [2.45, 2.75) is 26.9 Å². The van der Waals surface area contributed by atoms with Crippen molar-refractivity contribution in [1.82, 2.24) is 0 Å². The molecule has 0 bridgehead atoms. The number of hydrogen-bond donors (Lipinski definition) is 1. The van der Waals surface area contributed by atoms with Gasteiger partial charge >= 0.3 is 0 Å². The maximum atomic E-state index is 12.1. The second kappa shape index (κ2) is 6.64. The first-order chi connectivity index (χ1) is 9.95. The Hall–Kier alpha value is -2.00. The summed E-state index contributed by atoms with van der Waals surface area (Å²) in [7, 11) is 0. The van der Waals surface area contributed by atoms with Gasteiger partial charge < -0.3 is 10.1 Å². The van der Waals surface area contributed by atoms with Crippen LogP contribution in [0.5, 0.6) is 5.75 Å². The van der Waals surface area contributed by atoms with E-state index in [1.165, 1.54) is 0 Å². The molecule has 110 valence electrons. The lowest BCUT2D eigenvalue weighted by Gasteiger charge is -2.16. The van der Waals surface area contributed by atoms with Gasteiger partial charge in [0.2, 0.25) is 0 Å². The molecule has 0 aliphatic heterocycles. The van der Waals surface area contributed by atoms with E-state index in [2.05, 4.69) is 5.32 Å². The van der Waals surface area contributed by atoms with Crippen LogP contribution in [0.4, 0.5) is 5.69 Å². The summed E-state index contributed by atoms with van der Waals surface area (Å²) in [5.74, 6) is 0.473. The molecule has 1 N–H and O–H groups in total. The fraction of sp³-hybridized carbons (Fsp3) is 0.235. The monoisotopic (exact) mass is 303 g/mol. The number of ether oxygens (including phenoxy) is 1. The number of nitrogens with one attached hydrogen (secondary N) is 1. The van der Waals surface area contributed by atoms with Gasteiger partial charge in [-0.3, -0.25) is 4.79 Å². The van der Waals surface area contributed by atoms with Gasteiger partial charge in [-0.1, -0.05) is 23.7 Å². The number of halogens is 1. The number of anilines is 1. The molecule has 2 aromatic carbocycles. The van der Waals surface area contributed by atoms with E-state index in [9.17, 15) is 4.79 Å². The molecule has 3 nitrogen and oxygen atoms in total. The molecule has 2 aromatic rings. The average molecular weight is 304 g/mol. The third kappa shape index (κ3) is 4.23. The molecule has 0 aliphatic rings. The Morgan fingerprint density at radius 2 is 1.95 bits per heavy atom. The first kappa shape index (κ1) is 15.4. The Morgan fingerprint density at radius 1 is 1.19 bits per heavy atom. The highest BCUT2D eigenvalue weighted by atomic mass is 35.5. The molecule has 2 rings (SSSR count). The van der Waals surface area contributed by atoms with Crippen LogP contribution in [0, 0.1) is 13.8 Å². The summed E-state index contributed by atoms with van der Waals surface area (Å²) in [6.07, 6.45) is -0.592. The quantitative estimate of drug-likeness (QED) is 0.911. The minimum atomic E-state index is -0.592. The molecular weight excluding hydrogens is 286 g/mol. The van der Waals surface area contributed by atoms with Crippen molar-refractivity contribution < 1.29 is 9.53 Å². The third-order valence-corrected chi connectivity index (χ3v) is 3.33. The number of carbonyl (C=O) groups excluding carboxylic acids is 1. The largest absolute Gasteiger partial charge is 0.481 e. The Kier molecular flexibility index (Phi) is 4.86. The fourth-order valence-electron chi connectivity index (χ4n) is 1.96. The van der Waals surface area contributed by atoms with Crippen molar-refractivity contribution in [3.63, 3.8) is 0 Å². The van der Waals surface area contributed by atoms with Crippen LogP contribution in [0.25, 0.3) is 0 Å². The van der Waals surface area contributed by atoms with Gasteiger partial charge in [-0.15, -0.1) is 0 Å². The van der Waals surface area contributed by atoms with Crippen LogP contribution in [0.3, 0.4) is 0 Å². The molecule has 1 atom stereocenters. The Labute approximate surface area is 129 Å². The lowest BCUT2D eigenvalue weighted by Crippen LogP contribution is -2.30. The van der Waals surface area contributed by atoms with Gasteiger partial charge in [-0.25, -0.2) is 0 Å². The van der Waals surface area contributed by atoms with Gasteiger partial charge in [-0.05, 0) is 62.2 Å². The molecule has 0 aromatic heterocycles. The fourth-order valence-corrected chi connectivity index (χ4v) is 2.18. The van der Waals surface area contributed by atoms with E-state index < -0.39 is 6.10 Å². The highest BCUT2D eigenvalue weighted by Gasteiger charge is 2.16. The summed E-state index contributed by atoms with van der Waals surface area (Å²) in [5, 5.41) is 3.49. The number of aryl methyl sites for hydroxylation is 2. The van der Waals surface area contributed by atoms with Gasteiger partial charge in [0, 0.05) is 10.7 Å². The van der Waals surface area contributed by atoms with Crippen LogP contribution in [0.1, 0.15) is 18.1 Å². The molecule has 1 unspecified atom stereocenters. The molecule has 0 fully saturated rings. The van der Waals surface area contributed by atoms with Crippen molar-refractivity contribution in [3.8, 4) is 5.75 Å². The first-order valence-corrected chi connectivity index (χ1v) is 7.14. The standard InChI is InChI=1S/C17H18ClNO2/c1-11-5-4-6-15(9-11)19-17(20)13(3)21-16-8-7-14(18)10-12(16)2/h4-10,13H,1-3H3,(H,19,20). The molecule has 0 saturated carbocycles. The zero-order valence-electron chi connectivity index (χ0n) is 12.3. The number of rotatable bonds is 4. The normalized spacial score (nSPS) is 11.8. The molecule has 0 radical (unpaired) electrons. The molecule has 21 heavy (non-hydrogen) atoms. The van der Waals surface area contributed by atoms with Gasteiger partial charge in [0.25, 0.3) is 5.91 Å². The number of amides is 1. The molecule has 0 spiro atoms. The first-order valence-electron chi connectivity index (χ1n) is 6.76. The number of carbonyl (C=O) groups is 1. The average Bonchev–Trinajstić information content (AvgIpc) is 2.41.